The maximum Gasteiger partial charge on any atom is 0.252 e. The van der Waals surface area contributed by atoms with Crippen molar-refractivity contribution in [1.29, 1.82) is 0 Å². The normalized spacial score (nSPS) is 20.8. The number of aromatic nitrogens is 2. The maximum atomic E-state index is 13.2. The van der Waals surface area contributed by atoms with Gasteiger partial charge in [0.15, 0.2) is 0 Å². The molecule has 1 aromatic heterocycles. The second-order valence-electron chi connectivity index (χ2n) is 10.4. The van der Waals surface area contributed by atoms with Gasteiger partial charge in [-0.2, -0.15) is 0 Å². The smallest absolute Gasteiger partial charge is 0.252 e. The Morgan fingerprint density at radius 3 is 2.50 bits per heavy atom. The number of allylic oxidation sites excluding steroid dienone is 3. The predicted molar refractivity (Wildman–Crippen MR) is 139 cm³/mol. The number of carbonyl (C=O) groups is 1. The Morgan fingerprint density at radius 1 is 1.19 bits per heavy atom. The first-order valence-corrected chi connectivity index (χ1v) is 12.3. The number of hydrogen-bond donors (Lipinski definition) is 3. The van der Waals surface area contributed by atoms with Gasteiger partial charge in [-0.1, -0.05) is 34.2 Å². The molecule has 1 aliphatic carbocycles. The molecule has 0 radical (unpaired) electrons. The van der Waals surface area contributed by atoms with Crippen molar-refractivity contribution in [3.63, 3.8) is 0 Å². The first-order chi connectivity index (χ1) is 14.8. The summed E-state index contributed by atoms with van der Waals surface area (Å²) in [5, 5.41) is 6.91. The number of halogens is 1. The minimum Gasteiger partial charge on any atom is -0.349 e. The zero-order chi connectivity index (χ0) is 23.4. The number of rotatable bonds is 3. The lowest BCUT2D eigenvalue weighted by atomic mass is 9.79. The molecule has 1 fully saturated rings. The molecule has 3 N–H and O–H groups in total. The van der Waals surface area contributed by atoms with E-state index in [9.17, 15) is 4.79 Å². The molecule has 2 heterocycles. The number of aromatic amines is 1. The summed E-state index contributed by atoms with van der Waals surface area (Å²) in [4.78, 5) is 22.2. The number of imidazole rings is 1. The third-order valence-electron chi connectivity index (χ3n) is 6.44. The second-order valence-corrected chi connectivity index (χ2v) is 11.8. The first kappa shape index (κ1) is 23.3. The van der Waals surface area contributed by atoms with Crippen molar-refractivity contribution in [2.24, 2.45) is 0 Å². The van der Waals surface area contributed by atoms with Gasteiger partial charge in [0.05, 0.1) is 16.6 Å². The summed E-state index contributed by atoms with van der Waals surface area (Å²) in [6.45, 7) is 12.9. The molecule has 7 heteroatoms. The Bertz CT molecular complexity index is 1170. The van der Waals surface area contributed by atoms with Crippen molar-refractivity contribution in [1.82, 2.24) is 20.6 Å². The number of aryl methyl sites for hydroxylation is 1. The van der Waals surface area contributed by atoms with Gasteiger partial charge in [0, 0.05) is 38.5 Å². The highest BCUT2D eigenvalue weighted by Crippen LogP contribution is 2.31. The van der Waals surface area contributed by atoms with Crippen molar-refractivity contribution in [3.8, 4) is 0 Å². The number of nitrogens with one attached hydrogen (secondary N) is 3. The van der Waals surface area contributed by atoms with Crippen molar-refractivity contribution < 1.29 is 4.79 Å². The molecule has 1 aromatic carbocycles. The molecular formula is C25H31BrN4OS. The molecule has 1 saturated heterocycles. The molecule has 2 aliphatic rings. The standard InChI is InChI=1S/C25H31BrN4OS/c1-13-14(2)21-19(10-18(13)26)28-22(29-21)15-7-8-20(32)17(9-15)23(31)27-16-11-24(3,4)30-25(5,6)12-16/h7,9-10,16,30H,8,11-12H2,1-6H3,(H,27,31)(H,28,29). The van der Waals surface area contributed by atoms with Crippen LogP contribution in [0.1, 0.15) is 63.9 Å². The fourth-order valence-electron chi connectivity index (χ4n) is 5.16. The maximum absolute atomic E-state index is 13.2. The van der Waals surface area contributed by atoms with E-state index in [4.69, 9.17) is 17.2 Å². The quantitative estimate of drug-likeness (QED) is 0.476. The van der Waals surface area contributed by atoms with E-state index in [0.717, 1.165) is 45.3 Å². The van der Waals surface area contributed by atoms with E-state index in [1.165, 1.54) is 5.56 Å². The molecule has 2 aromatic rings. The zero-order valence-electron chi connectivity index (χ0n) is 19.6. The molecule has 0 spiro atoms. The van der Waals surface area contributed by atoms with Crippen LogP contribution >= 0.6 is 28.1 Å². The molecule has 170 valence electrons. The van der Waals surface area contributed by atoms with Crippen LogP contribution in [0.2, 0.25) is 0 Å². The van der Waals surface area contributed by atoms with Crippen LogP contribution in [0.4, 0.5) is 0 Å². The molecule has 0 atom stereocenters. The number of hydrogen-bond acceptors (Lipinski definition) is 4. The second kappa shape index (κ2) is 8.19. The average molecular weight is 516 g/mol. The molecule has 0 unspecified atom stereocenters. The number of H-pyrrole nitrogens is 1. The number of benzene rings is 1. The Balaban J connectivity index is 1.60. The van der Waals surface area contributed by atoms with Crippen molar-refractivity contribution in [2.45, 2.75) is 77.9 Å². The third kappa shape index (κ3) is 4.61. The highest BCUT2D eigenvalue weighted by molar-refractivity contribution is 9.10. The topological polar surface area (TPSA) is 69.8 Å². The molecule has 0 saturated carbocycles. The molecule has 0 bridgehead atoms. The Morgan fingerprint density at radius 2 is 1.84 bits per heavy atom. The van der Waals surface area contributed by atoms with Gasteiger partial charge in [-0.3, -0.25) is 4.79 Å². The van der Waals surface area contributed by atoms with Crippen LogP contribution in [-0.4, -0.2) is 37.9 Å². The van der Waals surface area contributed by atoms with E-state index in [0.29, 0.717) is 16.9 Å². The number of nitrogens with zero attached hydrogens (tertiary/aromatic N) is 1. The lowest BCUT2D eigenvalue weighted by molar-refractivity contribution is -0.118. The van der Waals surface area contributed by atoms with Gasteiger partial charge >= 0.3 is 0 Å². The molecular weight excluding hydrogens is 484 g/mol. The van der Waals surface area contributed by atoms with Crippen LogP contribution in [0, 0.1) is 13.8 Å². The number of piperidine rings is 1. The highest BCUT2D eigenvalue weighted by Gasteiger charge is 2.38. The van der Waals surface area contributed by atoms with E-state index < -0.39 is 0 Å². The number of fused-ring (bicyclic) bond motifs is 1. The van der Waals surface area contributed by atoms with Crippen LogP contribution in [0.25, 0.3) is 16.6 Å². The van der Waals surface area contributed by atoms with E-state index in [1.54, 1.807) is 0 Å². The lowest BCUT2D eigenvalue weighted by Crippen LogP contribution is -2.62. The van der Waals surface area contributed by atoms with Crippen LogP contribution in [0.15, 0.2) is 28.3 Å². The summed E-state index contributed by atoms with van der Waals surface area (Å²) >= 11 is 9.18. The zero-order valence-corrected chi connectivity index (χ0v) is 22.0. The molecule has 1 aliphatic heterocycles. The van der Waals surface area contributed by atoms with Gasteiger partial charge in [0.2, 0.25) is 0 Å². The Hall–Kier alpha value is -1.83. The number of thiocarbonyl (C=S) groups is 1. The van der Waals surface area contributed by atoms with Crippen LogP contribution < -0.4 is 10.6 Å². The summed E-state index contributed by atoms with van der Waals surface area (Å²) in [6.07, 6.45) is 6.24. The van der Waals surface area contributed by atoms with Crippen molar-refractivity contribution >= 4 is 55.5 Å². The van der Waals surface area contributed by atoms with Gasteiger partial charge in [-0.25, -0.2) is 4.98 Å². The first-order valence-electron chi connectivity index (χ1n) is 11.1. The average Bonchev–Trinajstić information content (AvgIpc) is 3.08. The summed E-state index contributed by atoms with van der Waals surface area (Å²) in [6, 6.07) is 2.13. The summed E-state index contributed by atoms with van der Waals surface area (Å²) in [5.74, 6) is 0.669. The van der Waals surface area contributed by atoms with Crippen LogP contribution in [0.5, 0.6) is 0 Å². The molecule has 4 rings (SSSR count). The third-order valence-corrected chi connectivity index (χ3v) is 7.65. The molecule has 5 nitrogen and oxygen atoms in total. The van der Waals surface area contributed by atoms with Gasteiger partial charge < -0.3 is 15.6 Å². The van der Waals surface area contributed by atoms with Gasteiger partial charge in [-0.15, -0.1) is 0 Å². The van der Waals surface area contributed by atoms with Crippen LogP contribution in [0.3, 0.4) is 0 Å². The van der Waals surface area contributed by atoms with E-state index in [-0.39, 0.29) is 23.0 Å². The van der Waals surface area contributed by atoms with Gasteiger partial charge in [0.1, 0.15) is 5.82 Å². The van der Waals surface area contributed by atoms with Gasteiger partial charge in [0.25, 0.3) is 5.91 Å². The summed E-state index contributed by atoms with van der Waals surface area (Å²) < 4.78 is 1.04. The SMILES string of the molecule is Cc1c(Br)cc2nc(C3=CCC(=S)C(C(=O)NC4CC(C)(C)NC(C)(C)C4)=C3)[nH]c2c1C. The fraction of sp³-hybridized carbons (Fsp3) is 0.480. The monoisotopic (exact) mass is 514 g/mol. The fourth-order valence-corrected chi connectivity index (χ4v) is 5.91. The number of carbonyl (C=O) groups excluding carboxylic acids is 1. The van der Waals surface area contributed by atoms with E-state index >= 15 is 0 Å². The van der Waals surface area contributed by atoms with Crippen molar-refractivity contribution in [3.05, 3.63) is 45.2 Å². The largest absolute Gasteiger partial charge is 0.349 e. The van der Waals surface area contributed by atoms with E-state index in [1.807, 2.05) is 18.2 Å². The number of amides is 1. The molecule has 1 amide bonds. The summed E-state index contributed by atoms with van der Waals surface area (Å²) in [5.41, 5.74) is 5.68. The van der Waals surface area contributed by atoms with E-state index in [2.05, 4.69) is 73.1 Å². The minimum atomic E-state index is -0.0926. The predicted octanol–water partition coefficient (Wildman–Crippen LogP) is 5.45. The Labute approximate surface area is 203 Å². The summed E-state index contributed by atoms with van der Waals surface area (Å²) in [7, 11) is 0. The Kier molecular flexibility index (Phi) is 5.97. The molecule has 32 heavy (non-hydrogen) atoms. The lowest BCUT2D eigenvalue weighted by Gasteiger charge is -2.46. The highest BCUT2D eigenvalue weighted by atomic mass is 79.9. The van der Waals surface area contributed by atoms with Gasteiger partial charge in [-0.05, 0) is 77.7 Å². The minimum absolute atomic E-state index is 0.0369. The van der Waals surface area contributed by atoms with Crippen LogP contribution in [-0.2, 0) is 4.79 Å². The van der Waals surface area contributed by atoms with Crippen molar-refractivity contribution in [2.75, 3.05) is 0 Å².